The predicted octanol–water partition coefficient (Wildman–Crippen LogP) is 2.27. The molecule has 2 unspecified atom stereocenters. The first kappa shape index (κ1) is 16.3. The summed E-state index contributed by atoms with van der Waals surface area (Å²) in [4.78, 5) is 11.5. The number of hydrogen-bond acceptors (Lipinski definition) is 4. The molecule has 0 aliphatic carbocycles. The van der Waals surface area contributed by atoms with E-state index in [4.69, 9.17) is 9.47 Å². The number of aliphatic carboxylic acids is 1. The molecule has 0 aliphatic heterocycles. The van der Waals surface area contributed by atoms with Crippen LogP contribution in [0.1, 0.15) is 26.3 Å². The molecule has 0 aromatic heterocycles. The first-order chi connectivity index (χ1) is 9.25. The molecule has 2 atom stereocenters. The Balaban J connectivity index is 3.41. The smallest absolute Gasteiger partial charge is 0.310 e. The van der Waals surface area contributed by atoms with Gasteiger partial charge < -0.3 is 19.7 Å². The van der Waals surface area contributed by atoms with E-state index < -0.39 is 17.5 Å². The average Bonchev–Trinajstić information content (AvgIpc) is 2.36. The second-order valence-corrected chi connectivity index (χ2v) is 5.27. The fourth-order valence-corrected chi connectivity index (χ4v) is 2.55. The molecule has 0 amide bonds. The Bertz CT molecular complexity index is 479. The van der Waals surface area contributed by atoms with Gasteiger partial charge in [-0.2, -0.15) is 0 Å². The highest BCUT2D eigenvalue weighted by molar-refractivity contribution is 5.72. The minimum atomic E-state index is -1.57. The van der Waals surface area contributed by atoms with Gasteiger partial charge in [-0.25, -0.2) is 0 Å². The standard InChI is InChI=1S/C15H22O5/c1-9(2)13(14(16)17)15(3,18)11-8-10(19-4)6-7-12(11)20-5/h6-9,13,18H,1-5H3,(H,16,17). The maximum absolute atomic E-state index is 11.5. The van der Waals surface area contributed by atoms with Crippen molar-refractivity contribution >= 4 is 5.97 Å². The van der Waals surface area contributed by atoms with E-state index in [2.05, 4.69) is 0 Å². The zero-order valence-corrected chi connectivity index (χ0v) is 12.5. The molecule has 5 heteroatoms. The Labute approximate surface area is 119 Å². The number of ether oxygens (including phenoxy) is 2. The van der Waals surface area contributed by atoms with Gasteiger partial charge in [-0.05, 0) is 31.0 Å². The van der Waals surface area contributed by atoms with Gasteiger partial charge in [0.25, 0.3) is 0 Å². The van der Waals surface area contributed by atoms with Gasteiger partial charge >= 0.3 is 5.97 Å². The van der Waals surface area contributed by atoms with Gasteiger partial charge in [0.05, 0.1) is 20.1 Å². The summed E-state index contributed by atoms with van der Waals surface area (Å²) in [5.74, 6) is -1.27. The normalized spacial score (nSPS) is 15.6. The number of carboxylic acids is 1. The van der Waals surface area contributed by atoms with E-state index in [1.807, 2.05) is 0 Å². The predicted molar refractivity (Wildman–Crippen MR) is 75.1 cm³/mol. The highest BCUT2D eigenvalue weighted by Crippen LogP contribution is 2.40. The lowest BCUT2D eigenvalue weighted by Crippen LogP contribution is -2.40. The van der Waals surface area contributed by atoms with Crippen molar-refractivity contribution in [2.45, 2.75) is 26.4 Å². The summed E-state index contributed by atoms with van der Waals surface area (Å²) in [6.45, 7) is 5.02. The van der Waals surface area contributed by atoms with Gasteiger partial charge in [0.15, 0.2) is 0 Å². The SMILES string of the molecule is COc1ccc(OC)c(C(C)(O)C(C(=O)O)C(C)C)c1. The van der Waals surface area contributed by atoms with Crippen molar-refractivity contribution in [2.24, 2.45) is 11.8 Å². The van der Waals surface area contributed by atoms with E-state index in [1.165, 1.54) is 21.1 Å². The third-order valence-corrected chi connectivity index (χ3v) is 3.49. The molecule has 0 bridgehead atoms. The van der Waals surface area contributed by atoms with E-state index in [-0.39, 0.29) is 5.92 Å². The molecule has 5 nitrogen and oxygen atoms in total. The van der Waals surface area contributed by atoms with Gasteiger partial charge in [0, 0.05) is 5.56 Å². The maximum atomic E-state index is 11.5. The van der Waals surface area contributed by atoms with E-state index in [0.717, 1.165) is 0 Å². The Morgan fingerprint density at radius 1 is 1.25 bits per heavy atom. The van der Waals surface area contributed by atoms with Crippen LogP contribution < -0.4 is 9.47 Å². The molecule has 0 spiro atoms. The largest absolute Gasteiger partial charge is 0.497 e. The number of carbonyl (C=O) groups is 1. The second-order valence-electron chi connectivity index (χ2n) is 5.27. The zero-order valence-electron chi connectivity index (χ0n) is 12.5. The molecule has 112 valence electrons. The van der Waals surface area contributed by atoms with Crippen LogP contribution in [0.3, 0.4) is 0 Å². The lowest BCUT2D eigenvalue weighted by atomic mass is 9.76. The molecule has 1 aromatic carbocycles. The third-order valence-electron chi connectivity index (χ3n) is 3.49. The van der Waals surface area contributed by atoms with Crippen LogP contribution in [0.5, 0.6) is 11.5 Å². The Kier molecular flexibility index (Phi) is 5.00. The average molecular weight is 282 g/mol. The van der Waals surface area contributed by atoms with Crippen LogP contribution >= 0.6 is 0 Å². The molecule has 0 fully saturated rings. The molecule has 0 saturated carbocycles. The fraction of sp³-hybridized carbons (Fsp3) is 0.533. The number of aliphatic hydroxyl groups is 1. The molecule has 20 heavy (non-hydrogen) atoms. The monoisotopic (exact) mass is 282 g/mol. The third kappa shape index (κ3) is 3.04. The van der Waals surface area contributed by atoms with Crippen molar-refractivity contribution in [3.8, 4) is 11.5 Å². The van der Waals surface area contributed by atoms with E-state index in [9.17, 15) is 15.0 Å². The molecule has 0 saturated heterocycles. The van der Waals surface area contributed by atoms with E-state index in [1.54, 1.807) is 32.0 Å². The van der Waals surface area contributed by atoms with E-state index >= 15 is 0 Å². The summed E-state index contributed by atoms with van der Waals surface area (Å²) in [5, 5.41) is 20.2. The number of carboxylic acid groups (broad SMARTS) is 1. The summed E-state index contributed by atoms with van der Waals surface area (Å²) in [7, 11) is 2.99. The van der Waals surface area contributed by atoms with Crippen LogP contribution in [-0.4, -0.2) is 30.4 Å². The first-order valence-corrected chi connectivity index (χ1v) is 6.43. The minimum absolute atomic E-state index is 0.238. The van der Waals surface area contributed by atoms with Crippen LogP contribution in [0, 0.1) is 11.8 Å². The lowest BCUT2D eigenvalue weighted by Gasteiger charge is -2.34. The van der Waals surface area contributed by atoms with Crippen LogP contribution in [0.2, 0.25) is 0 Å². The van der Waals surface area contributed by atoms with Crippen molar-refractivity contribution in [3.63, 3.8) is 0 Å². The van der Waals surface area contributed by atoms with Gasteiger partial charge in [-0.3, -0.25) is 4.79 Å². The topological polar surface area (TPSA) is 76.0 Å². The van der Waals surface area contributed by atoms with Gasteiger partial charge in [0.1, 0.15) is 17.1 Å². The summed E-state index contributed by atoms with van der Waals surface area (Å²) in [6, 6.07) is 4.96. The number of benzene rings is 1. The molecule has 0 heterocycles. The minimum Gasteiger partial charge on any atom is -0.497 e. The van der Waals surface area contributed by atoms with Crippen LogP contribution in [0.15, 0.2) is 18.2 Å². The number of rotatable bonds is 6. The summed E-state index contributed by atoms with van der Waals surface area (Å²) < 4.78 is 10.4. The van der Waals surface area contributed by atoms with Crippen LogP contribution in [-0.2, 0) is 10.4 Å². The second kappa shape index (κ2) is 6.13. The summed E-state index contributed by atoms with van der Waals surface area (Å²) in [6.07, 6.45) is 0. The molecule has 0 radical (unpaired) electrons. The summed E-state index contributed by atoms with van der Waals surface area (Å²) >= 11 is 0. The fourth-order valence-electron chi connectivity index (χ4n) is 2.55. The zero-order chi connectivity index (χ0) is 15.5. The highest BCUT2D eigenvalue weighted by atomic mass is 16.5. The van der Waals surface area contributed by atoms with Gasteiger partial charge in [0.2, 0.25) is 0 Å². The van der Waals surface area contributed by atoms with Crippen molar-refractivity contribution in [2.75, 3.05) is 14.2 Å². The summed E-state index contributed by atoms with van der Waals surface area (Å²) in [5.41, 5.74) is -1.17. The maximum Gasteiger partial charge on any atom is 0.310 e. The Morgan fingerprint density at radius 3 is 2.25 bits per heavy atom. The Hall–Kier alpha value is -1.75. The number of methoxy groups -OCH3 is 2. The molecule has 0 aliphatic rings. The van der Waals surface area contributed by atoms with Gasteiger partial charge in [-0.1, -0.05) is 13.8 Å². The Morgan fingerprint density at radius 2 is 1.85 bits per heavy atom. The highest BCUT2D eigenvalue weighted by Gasteiger charge is 2.43. The van der Waals surface area contributed by atoms with Crippen molar-refractivity contribution < 1.29 is 24.5 Å². The molecule has 1 aromatic rings. The van der Waals surface area contributed by atoms with Crippen molar-refractivity contribution in [3.05, 3.63) is 23.8 Å². The van der Waals surface area contributed by atoms with Crippen molar-refractivity contribution in [1.29, 1.82) is 0 Å². The molecular weight excluding hydrogens is 260 g/mol. The van der Waals surface area contributed by atoms with Crippen LogP contribution in [0.25, 0.3) is 0 Å². The molecule has 2 N–H and O–H groups in total. The lowest BCUT2D eigenvalue weighted by molar-refractivity contribution is -0.155. The van der Waals surface area contributed by atoms with Crippen molar-refractivity contribution in [1.82, 2.24) is 0 Å². The molecule has 1 rings (SSSR count). The van der Waals surface area contributed by atoms with Crippen LogP contribution in [0.4, 0.5) is 0 Å². The quantitative estimate of drug-likeness (QED) is 0.837. The first-order valence-electron chi connectivity index (χ1n) is 6.43. The molecular formula is C15H22O5. The van der Waals surface area contributed by atoms with Gasteiger partial charge in [-0.15, -0.1) is 0 Å². The number of hydrogen-bond donors (Lipinski definition) is 2. The van der Waals surface area contributed by atoms with E-state index in [0.29, 0.717) is 17.1 Å².